The Morgan fingerprint density at radius 3 is 3.00 bits per heavy atom. The molecule has 16 heavy (non-hydrogen) atoms. The molecule has 0 saturated carbocycles. The van der Waals surface area contributed by atoms with Crippen LogP contribution in [-0.2, 0) is 0 Å². The molecule has 0 unspecified atom stereocenters. The Labute approximate surface area is 93.2 Å². The number of hydrogen-bond donors (Lipinski definition) is 0. The molecular formula is C12H10N2O2. The first-order valence-corrected chi connectivity index (χ1v) is 4.69. The molecule has 0 saturated heterocycles. The third kappa shape index (κ3) is 1.89. The summed E-state index contributed by atoms with van der Waals surface area (Å²) >= 11 is 0. The average molecular weight is 214 g/mol. The summed E-state index contributed by atoms with van der Waals surface area (Å²) in [6, 6.07) is 3.61. The maximum atomic E-state index is 5.37. The van der Waals surface area contributed by atoms with Gasteiger partial charge in [0.05, 0.1) is 12.6 Å². The van der Waals surface area contributed by atoms with E-state index in [9.17, 15) is 0 Å². The van der Waals surface area contributed by atoms with Crippen LogP contribution in [0.4, 0.5) is 0 Å². The molecule has 0 atom stereocenters. The van der Waals surface area contributed by atoms with Gasteiger partial charge >= 0.3 is 0 Å². The fraction of sp³-hybridized carbons (Fsp3) is 0.167. The molecule has 2 rings (SSSR count). The van der Waals surface area contributed by atoms with E-state index in [0.717, 1.165) is 10.9 Å². The minimum absolute atomic E-state index is 0.204. The molecule has 4 nitrogen and oxygen atoms in total. The van der Waals surface area contributed by atoms with Crippen molar-refractivity contribution >= 4 is 10.9 Å². The Morgan fingerprint density at radius 1 is 1.38 bits per heavy atom. The second-order valence-electron chi connectivity index (χ2n) is 3.08. The molecule has 0 fully saturated rings. The van der Waals surface area contributed by atoms with Crippen LogP contribution in [0.25, 0.3) is 10.9 Å². The van der Waals surface area contributed by atoms with Crippen molar-refractivity contribution < 1.29 is 9.47 Å². The van der Waals surface area contributed by atoms with Crippen molar-refractivity contribution in [3.05, 3.63) is 24.7 Å². The van der Waals surface area contributed by atoms with Gasteiger partial charge in [-0.1, -0.05) is 5.92 Å². The van der Waals surface area contributed by atoms with E-state index in [0.29, 0.717) is 11.5 Å². The first-order valence-electron chi connectivity index (χ1n) is 4.69. The van der Waals surface area contributed by atoms with Crippen LogP contribution in [0, 0.1) is 12.3 Å². The van der Waals surface area contributed by atoms with Crippen LogP contribution in [-0.4, -0.2) is 23.7 Å². The van der Waals surface area contributed by atoms with Gasteiger partial charge in [0, 0.05) is 17.6 Å². The Hall–Kier alpha value is -2.28. The van der Waals surface area contributed by atoms with Crippen LogP contribution >= 0.6 is 0 Å². The first-order chi connectivity index (χ1) is 7.85. The second-order valence-corrected chi connectivity index (χ2v) is 3.08. The molecule has 0 aliphatic heterocycles. The van der Waals surface area contributed by atoms with Crippen LogP contribution in [0.2, 0.25) is 0 Å². The van der Waals surface area contributed by atoms with E-state index in [2.05, 4.69) is 15.9 Å². The van der Waals surface area contributed by atoms with Gasteiger partial charge in [-0.05, 0) is 6.07 Å². The minimum Gasteiger partial charge on any atom is -0.493 e. The number of ether oxygens (including phenoxy) is 2. The van der Waals surface area contributed by atoms with Gasteiger partial charge in [-0.2, -0.15) is 0 Å². The van der Waals surface area contributed by atoms with Gasteiger partial charge in [0.2, 0.25) is 0 Å². The lowest BCUT2D eigenvalue weighted by atomic mass is 10.2. The lowest BCUT2D eigenvalue weighted by Gasteiger charge is -2.09. The van der Waals surface area contributed by atoms with Crippen LogP contribution in [0.1, 0.15) is 0 Å². The summed E-state index contributed by atoms with van der Waals surface area (Å²) in [5.41, 5.74) is 0.805. The molecule has 1 aromatic heterocycles. The standard InChI is InChI=1S/C12H10N2O2/c1-3-4-16-12-5-9-7-13-8-14-10(9)6-11(12)15-2/h1,5-8H,4H2,2H3. The summed E-state index contributed by atoms with van der Waals surface area (Å²) in [6.45, 7) is 0.204. The number of hydrogen-bond acceptors (Lipinski definition) is 4. The Morgan fingerprint density at radius 2 is 2.25 bits per heavy atom. The third-order valence-corrected chi connectivity index (χ3v) is 2.10. The van der Waals surface area contributed by atoms with Gasteiger partial charge in [0.15, 0.2) is 11.5 Å². The molecule has 0 aliphatic carbocycles. The summed E-state index contributed by atoms with van der Waals surface area (Å²) in [7, 11) is 1.57. The second kappa shape index (κ2) is 4.49. The van der Waals surface area contributed by atoms with E-state index in [1.165, 1.54) is 6.33 Å². The number of fused-ring (bicyclic) bond motifs is 1. The number of rotatable bonds is 3. The molecule has 1 aromatic carbocycles. The Kier molecular flexibility index (Phi) is 2.88. The van der Waals surface area contributed by atoms with Crippen LogP contribution in [0.3, 0.4) is 0 Å². The highest BCUT2D eigenvalue weighted by molar-refractivity contribution is 5.81. The molecule has 0 N–H and O–H groups in total. The first kappa shape index (κ1) is 10.2. The van der Waals surface area contributed by atoms with E-state index in [1.807, 2.05) is 6.07 Å². The van der Waals surface area contributed by atoms with E-state index >= 15 is 0 Å². The highest BCUT2D eigenvalue weighted by Crippen LogP contribution is 2.30. The molecular weight excluding hydrogens is 204 g/mol. The smallest absolute Gasteiger partial charge is 0.163 e. The maximum absolute atomic E-state index is 5.37. The summed E-state index contributed by atoms with van der Waals surface area (Å²) in [5, 5.41) is 0.885. The van der Waals surface area contributed by atoms with Crippen LogP contribution in [0.5, 0.6) is 11.5 Å². The predicted octanol–water partition coefficient (Wildman–Crippen LogP) is 1.65. The summed E-state index contributed by atoms with van der Waals surface area (Å²) in [6.07, 6.45) is 8.34. The summed E-state index contributed by atoms with van der Waals surface area (Å²) in [5.74, 6) is 3.62. The van der Waals surface area contributed by atoms with Crippen molar-refractivity contribution in [2.75, 3.05) is 13.7 Å². The molecule has 0 bridgehead atoms. The zero-order valence-electron chi connectivity index (χ0n) is 8.80. The third-order valence-electron chi connectivity index (χ3n) is 2.10. The monoisotopic (exact) mass is 214 g/mol. The quantitative estimate of drug-likeness (QED) is 0.729. The van der Waals surface area contributed by atoms with Gasteiger partial charge < -0.3 is 9.47 Å². The molecule has 0 spiro atoms. The highest BCUT2D eigenvalue weighted by Gasteiger charge is 2.06. The van der Waals surface area contributed by atoms with E-state index in [4.69, 9.17) is 15.9 Å². The topological polar surface area (TPSA) is 44.2 Å². The van der Waals surface area contributed by atoms with Crippen molar-refractivity contribution in [2.24, 2.45) is 0 Å². The SMILES string of the molecule is C#CCOc1cc2cncnc2cc1OC. The van der Waals surface area contributed by atoms with Gasteiger partial charge in [-0.25, -0.2) is 9.97 Å². The van der Waals surface area contributed by atoms with Crippen molar-refractivity contribution in [1.82, 2.24) is 9.97 Å². The number of terminal acetylenes is 1. The lowest BCUT2D eigenvalue weighted by Crippen LogP contribution is -1.97. The van der Waals surface area contributed by atoms with Crippen molar-refractivity contribution in [1.29, 1.82) is 0 Å². The van der Waals surface area contributed by atoms with Crippen LogP contribution in [0.15, 0.2) is 24.7 Å². The lowest BCUT2D eigenvalue weighted by molar-refractivity contribution is 0.331. The molecule has 0 radical (unpaired) electrons. The molecule has 4 heteroatoms. The highest BCUT2D eigenvalue weighted by atomic mass is 16.5. The number of methoxy groups -OCH3 is 1. The van der Waals surface area contributed by atoms with E-state index < -0.39 is 0 Å². The molecule has 80 valence electrons. The number of nitrogens with zero attached hydrogens (tertiary/aromatic N) is 2. The van der Waals surface area contributed by atoms with E-state index in [-0.39, 0.29) is 6.61 Å². The van der Waals surface area contributed by atoms with Crippen LogP contribution < -0.4 is 9.47 Å². The number of aromatic nitrogens is 2. The zero-order valence-corrected chi connectivity index (χ0v) is 8.80. The van der Waals surface area contributed by atoms with E-state index in [1.54, 1.807) is 19.4 Å². The Bertz CT molecular complexity index is 546. The van der Waals surface area contributed by atoms with Gasteiger partial charge in [-0.15, -0.1) is 6.42 Å². The predicted molar refractivity (Wildman–Crippen MR) is 60.4 cm³/mol. The molecule has 0 amide bonds. The molecule has 2 aromatic rings. The van der Waals surface area contributed by atoms with Crippen molar-refractivity contribution in [3.63, 3.8) is 0 Å². The number of benzene rings is 1. The summed E-state index contributed by atoms with van der Waals surface area (Å²) < 4.78 is 10.6. The zero-order chi connectivity index (χ0) is 11.4. The van der Waals surface area contributed by atoms with Gasteiger partial charge in [0.1, 0.15) is 12.9 Å². The summed E-state index contributed by atoms with van der Waals surface area (Å²) in [4.78, 5) is 8.07. The molecule has 1 heterocycles. The minimum atomic E-state index is 0.204. The molecule has 0 aliphatic rings. The van der Waals surface area contributed by atoms with Gasteiger partial charge in [0.25, 0.3) is 0 Å². The fourth-order valence-electron chi connectivity index (χ4n) is 1.38. The van der Waals surface area contributed by atoms with Crippen molar-refractivity contribution in [2.45, 2.75) is 0 Å². The van der Waals surface area contributed by atoms with Crippen molar-refractivity contribution in [3.8, 4) is 23.8 Å². The Balaban J connectivity index is 2.50. The maximum Gasteiger partial charge on any atom is 0.163 e. The fourth-order valence-corrected chi connectivity index (χ4v) is 1.38. The van der Waals surface area contributed by atoms with Gasteiger partial charge in [-0.3, -0.25) is 0 Å². The normalized spacial score (nSPS) is 9.75. The largest absolute Gasteiger partial charge is 0.493 e. The average Bonchev–Trinajstić information content (AvgIpc) is 2.35.